The fraction of sp³-hybridized carbons (Fsp3) is 0.250. The van der Waals surface area contributed by atoms with Gasteiger partial charge in [-0.1, -0.05) is 6.58 Å². The number of alkyl halides is 5. The number of aromatic nitrogens is 1. The molecule has 3 N–H and O–H groups in total. The minimum absolute atomic E-state index is 0.0863. The van der Waals surface area contributed by atoms with Crippen LogP contribution in [0.2, 0.25) is 0 Å². The van der Waals surface area contributed by atoms with Crippen molar-refractivity contribution in [2.45, 2.75) is 31.5 Å². The first-order valence-corrected chi connectivity index (χ1v) is 13.2. The Balaban J connectivity index is 1.37. The van der Waals surface area contributed by atoms with Gasteiger partial charge in [-0.15, -0.1) is 11.3 Å². The van der Waals surface area contributed by atoms with Crippen LogP contribution in [0.3, 0.4) is 0 Å². The Kier molecular flexibility index (Phi) is 7.32. The van der Waals surface area contributed by atoms with Gasteiger partial charge in [-0.2, -0.15) is 13.2 Å². The van der Waals surface area contributed by atoms with Crippen LogP contribution in [0.1, 0.15) is 39.4 Å². The molecule has 0 atom stereocenters. The first-order chi connectivity index (χ1) is 19.3. The van der Waals surface area contributed by atoms with Crippen molar-refractivity contribution in [3.8, 4) is 10.4 Å². The maximum Gasteiger partial charge on any atom is 0.420 e. The molecule has 4 heterocycles. The Bertz CT molecular complexity index is 1630. The number of carbonyl (C=O) groups is 2. The molecule has 1 aromatic carbocycles. The van der Waals surface area contributed by atoms with Crippen LogP contribution in [0, 0.1) is 0 Å². The minimum Gasteiger partial charge on any atom is -0.459 e. The summed E-state index contributed by atoms with van der Waals surface area (Å²) in [6, 6.07) is 9.91. The van der Waals surface area contributed by atoms with Gasteiger partial charge in [0.15, 0.2) is 0 Å². The highest BCUT2D eigenvalue weighted by Crippen LogP contribution is 2.41. The smallest absolute Gasteiger partial charge is 0.420 e. The van der Waals surface area contributed by atoms with Gasteiger partial charge in [0.2, 0.25) is 0 Å². The van der Waals surface area contributed by atoms with Crippen molar-refractivity contribution in [3.05, 3.63) is 77.0 Å². The summed E-state index contributed by atoms with van der Waals surface area (Å²) in [5, 5.41) is 2.72. The maximum atomic E-state index is 14.0. The second-order valence-electron chi connectivity index (χ2n) is 9.60. The second kappa shape index (κ2) is 10.6. The van der Waals surface area contributed by atoms with Crippen LogP contribution >= 0.6 is 11.3 Å². The number of nitrogens with zero attached hydrogens (tertiary/aromatic N) is 2. The zero-order valence-electron chi connectivity index (χ0n) is 21.4. The summed E-state index contributed by atoms with van der Waals surface area (Å²) in [6.07, 6.45) is -4.24. The average Bonchev–Trinajstić information content (AvgIpc) is 3.57. The van der Waals surface area contributed by atoms with Crippen molar-refractivity contribution in [2.24, 2.45) is 0 Å². The Morgan fingerprint density at radius 2 is 1.85 bits per heavy atom. The van der Waals surface area contributed by atoms with E-state index in [-0.39, 0.29) is 52.6 Å². The Hall–Kier alpha value is -4.26. The normalized spacial score (nSPS) is 15.2. The SMILES string of the molecule is C=C(C(=O)NCc1cc2cc(-c3ccc(C(=O)N4CCC(F)(F)CC4)s3)cc(C(F)(F)F)c2o1)c1ccc(N)nc1. The number of hydrogen-bond acceptors (Lipinski definition) is 6. The van der Waals surface area contributed by atoms with Crippen molar-refractivity contribution in [2.75, 3.05) is 18.8 Å². The van der Waals surface area contributed by atoms with Gasteiger partial charge < -0.3 is 20.4 Å². The van der Waals surface area contributed by atoms with Crippen LogP contribution in [0.25, 0.3) is 27.0 Å². The molecule has 41 heavy (non-hydrogen) atoms. The molecule has 7 nitrogen and oxygen atoms in total. The number of halogens is 5. The molecule has 5 rings (SSSR count). The highest BCUT2D eigenvalue weighted by molar-refractivity contribution is 7.17. The zero-order chi connectivity index (χ0) is 29.5. The van der Waals surface area contributed by atoms with Gasteiger partial charge in [-0.25, -0.2) is 13.8 Å². The highest BCUT2D eigenvalue weighted by Gasteiger charge is 2.37. The van der Waals surface area contributed by atoms with Gasteiger partial charge >= 0.3 is 6.18 Å². The Morgan fingerprint density at radius 1 is 1.12 bits per heavy atom. The predicted octanol–water partition coefficient (Wildman–Crippen LogP) is 6.36. The molecule has 2 amide bonds. The summed E-state index contributed by atoms with van der Waals surface area (Å²) in [7, 11) is 0. The number of nitrogens with one attached hydrogen (secondary N) is 1. The number of amides is 2. The van der Waals surface area contributed by atoms with Gasteiger partial charge in [0.1, 0.15) is 17.2 Å². The maximum absolute atomic E-state index is 14.0. The molecule has 0 aliphatic carbocycles. The monoisotopic (exact) mass is 590 g/mol. The van der Waals surface area contributed by atoms with Gasteiger partial charge in [0.05, 0.1) is 17.0 Å². The van der Waals surface area contributed by atoms with Gasteiger partial charge in [-0.3, -0.25) is 9.59 Å². The molecule has 0 saturated carbocycles. The molecule has 1 saturated heterocycles. The number of furan rings is 1. The van der Waals surface area contributed by atoms with E-state index in [9.17, 15) is 31.5 Å². The molecule has 3 aromatic heterocycles. The molecule has 1 aliphatic rings. The van der Waals surface area contributed by atoms with Gasteiger partial charge in [0.25, 0.3) is 17.7 Å². The number of nitrogens with two attached hydrogens (primary N) is 1. The van der Waals surface area contributed by atoms with E-state index in [1.54, 1.807) is 6.07 Å². The topological polar surface area (TPSA) is 101 Å². The molecule has 0 bridgehead atoms. The molecule has 13 heteroatoms. The van der Waals surface area contributed by atoms with E-state index < -0.39 is 47.9 Å². The fourth-order valence-electron chi connectivity index (χ4n) is 4.44. The van der Waals surface area contributed by atoms with Crippen molar-refractivity contribution >= 4 is 45.5 Å². The number of rotatable bonds is 6. The Labute approximate surface area is 234 Å². The lowest BCUT2D eigenvalue weighted by atomic mass is 10.1. The van der Waals surface area contributed by atoms with Crippen LogP contribution in [0.15, 0.2) is 59.7 Å². The molecular formula is C28H23F5N4O3S. The third-order valence-electron chi connectivity index (χ3n) is 6.69. The van der Waals surface area contributed by atoms with E-state index in [1.165, 1.54) is 41.4 Å². The standard InChI is InChI=1S/C28H23F5N4O3S/c1-15(16-2-5-23(34)35-13-16)25(38)36-14-19-11-18-10-17(12-20(24(18)40-19)28(31,32)33)21-3-4-22(41-21)26(39)37-8-6-27(29,30)7-9-37/h2-5,10-13H,1,6-9,14H2,(H2,34,35)(H,36,38). The quantitative estimate of drug-likeness (QED) is 0.201. The second-order valence-corrected chi connectivity index (χ2v) is 10.7. The zero-order valence-corrected chi connectivity index (χ0v) is 22.2. The third-order valence-corrected chi connectivity index (χ3v) is 7.81. The van der Waals surface area contributed by atoms with Crippen molar-refractivity contribution in [1.82, 2.24) is 15.2 Å². The van der Waals surface area contributed by atoms with Gasteiger partial charge in [0, 0.05) is 53.5 Å². The lowest BCUT2D eigenvalue weighted by Crippen LogP contribution is -2.42. The van der Waals surface area contributed by atoms with Crippen LogP contribution in [0.4, 0.5) is 27.8 Å². The highest BCUT2D eigenvalue weighted by atomic mass is 32.1. The number of thiophene rings is 1. The fourth-order valence-corrected chi connectivity index (χ4v) is 5.40. The minimum atomic E-state index is -4.75. The molecule has 214 valence electrons. The summed E-state index contributed by atoms with van der Waals surface area (Å²) < 4.78 is 74.5. The number of fused-ring (bicyclic) bond motifs is 1. The number of pyridine rings is 1. The molecule has 0 spiro atoms. The van der Waals surface area contributed by atoms with Crippen LogP contribution < -0.4 is 11.1 Å². The third kappa shape index (κ3) is 6.09. The number of carbonyl (C=O) groups excluding carboxylic acids is 2. The summed E-state index contributed by atoms with van der Waals surface area (Å²) in [5.41, 5.74) is 4.86. The predicted molar refractivity (Wildman–Crippen MR) is 144 cm³/mol. The van der Waals surface area contributed by atoms with E-state index in [2.05, 4.69) is 16.9 Å². The first-order valence-electron chi connectivity index (χ1n) is 12.4. The van der Waals surface area contributed by atoms with E-state index in [4.69, 9.17) is 10.2 Å². The molecule has 1 fully saturated rings. The van der Waals surface area contributed by atoms with Gasteiger partial charge in [-0.05, 0) is 48.0 Å². The number of piperidine rings is 1. The van der Waals surface area contributed by atoms with Crippen LogP contribution in [0.5, 0.6) is 0 Å². The number of hydrogen-bond donors (Lipinski definition) is 2. The average molecular weight is 591 g/mol. The number of likely N-dealkylation sites (tertiary alicyclic amines) is 1. The van der Waals surface area contributed by atoms with Crippen molar-refractivity contribution < 1.29 is 36.0 Å². The molecule has 1 aliphatic heterocycles. The molecule has 0 unspecified atom stereocenters. The van der Waals surface area contributed by atoms with E-state index in [1.807, 2.05) is 0 Å². The number of anilines is 1. The summed E-state index contributed by atoms with van der Waals surface area (Å²) in [6.45, 7) is 3.33. The lowest BCUT2D eigenvalue weighted by Gasteiger charge is -2.31. The van der Waals surface area contributed by atoms with Crippen molar-refractivity contribution in [1.29, 1.82) is 0 Å². The number of nitrogen functional groups attached to an aromatic ring is 1. The summed E-state index contributed by atoms with van der Waals surface area (Å²) in [5.74, 6) is -3.46. The molecule has 0 radical (unpaired) electrons. The number of benzene rings is 1. The molecule has 4 aromatic rings. The molecular weight excluding hydrogens is 567 g/mol. The van der Waals surface area contributed by atoms with E-state index in [0.717, 1.165) is 17.4 Å². The Morgan fingerprint density at radius 3 is 2.51 bits per heavy atom. The van der Waals surface area contributed by atoms with Crippen LogP contribution in [-0.4, -0.2) is 40.7 Å². The van der Waals surface area contributed by atoms with E-state index in [0.29, 0.717) is 10.4 Å². The first kappa shape index (κ1) is 28.3. The largest absolute Gasteiger partial charge is 0.459 e. The van der Waals surface area contributed by atoms with E-state index >= 15 is 0 Å². The van der Waals surface area contributed by atoms with Crippen molar-refractivity contribution in [3.63, 3.8) is 0 Å². The summed E-state index contributed by atoms with van der Waals surface area (Å²) in [4.78, 5) is 31.2. The summed E-state index contributed by atoms with van der Waals surface area (Å²) >= 11 is 0.982. The van der Waals surface area contributed by atoms with Crippen LogP contribution in [-0.2, 0) is 17.5 Å². The lowest BCUT2D eigenvalue weighted by molar-refractivity contribution is -0.136.